The van der Waals surface area contributed by atoms with Gasteiger partial charge in [0.2, 0.25) is 0 Å². The summed E-state index contributed by atoms with van der Waals surface area (Å²) in [7, 11) is 0. The molecule has 1 heterocycles. The second kappa shape index (κ2) is 2.44. The van der Waals surface area contributed by atoms with Crippen molar-refractivity contribution in [2.24, 2.45) is 0 Å². The molecule has 0 aromatic heterocycles. The van der Waals surface area contributed by atoms with Crippen molar-refractivity contribution in [3.8, 4) is 0 Å². The lowest BCUT2D eigenvalue weighted by molar-refractivity contribution is -0.0704. The molecule has 0 radical (unpaired) electrons. The van der Waals surface area contributed by atoms with Crippen molar-refractivity contribution in [1.82, 2.24) is 0 Å². The molecule has 0 aromatic rings. The summed E-state index contributed by atoms with van der Waals surface area (Å²) in [6, 6.07) is 0. The highest BCUT2D eigenvalue weighted by atomic mass is 16.5. The minimum atomic E-state index is -1.04. The molecular weight excluding hydrogens is 144 g/mol. The summed E-state index contributed by atoms with van der Waals surface area (Å²) in [6.07, 6.45) is -0.252. The molecule has 1 saturated heterocycles. The van der Waals surface area contributed by atoms with Crippen LogP contribution in [0.15, 0.2) is 0 Å². The molecule has 2 atom stereocenters. The highest BCUT2D eigenvalue weighted by Crippen LogP contribution is 2.34. The van der Waals surface area contributed by atoms with Crippen LogP contribution in [0.25, 0.3) is 0 Å². The highest BCUT2D eigenvalue weighted by molar-refractivity contribution is 5.01. The molecule has 3 nitrogen and oxygen atoms in total. The predicted octanol–water partition coefficient (Wildman–Crippen LogP) is 0.297. The van der Waals surface area contributed by atoms with Crippen molar-refractivity contribution < 1.29 is 14.9 Å². The van der Waals surface area contributed by atoms with Crippen LogP contribution in [0.3, 0.4) is 0 Å². The number of hydrogen-bond acceptors (Lipinski definition) is 3. The Hall–Kier alpha value is -0.120. The molecule has 0 saturated carbocycles. The van der Waals surface area contributed by atoms with E-state index in [1.807, 2.05) is 6.92 Å². The Bertz CT molecular complexity index is 155. The van der Waals surface area contributed by atoms with Gasteiger partial charge in [-0.1, -0.05) is 6.92 Å². The van der Waals surface area contributed by atoms with Gasteiger partial charge < -0.3 is 14.9 Å². The lowest BCUT2D eigenvalue weighted by Crippen LogP contribution is -2.46. The second-order valence-electron chi connectivity index (χ2n) is 3.75. The van der Waals surface area contributed by atoms with E-state index in [0.29, 0.717) is 6.42 Å². The number of aliphatic hydroxyl groups is 2. The molecule has 0 aromatic carbocycles. The zero-order valence-corrected chi connectivity index (χ0v) is 7.29. The minimum Gasteiger partial charge on any atom is -0.387 e. The summed E-state index contributed by atoms with van der Waals surface area (Å²) in [5.74, 6) is 0. The van der Waals surface area contributed by atoms with Gasteiger partial charge in [-0.3, -0.25) is 0 Å². The zero-order chi connectivity index (χ0) is 8.70. The van der Waals surface area contributed by atoms with Crippen LogP contribution in [0, 0.1) is 0 Å². The zero-order valence-electron chi connectivity index (χ0n) is 7.29. The van der Waals surface area contributed by atoms with E-state index in [1.165, 1.54) is 0 Å². The Kier molecular flexibility index (Phi) is 1.99. The quantitative estimate of drug-likeness (QED) is 0.580. The number of ether oxygens (including phenoxy) is 1. The summed E-state index contributed by atoms with van der Waals surface area (Å²) < 4.78 is 5.26. The normalized spacial score (nSPS) is 42.8. The van der Waals surface area contributed by atoms with Gasteiger partial charge in [-0.2, -0.15) is 0 Å². The van der Waals surface area contributed by atoms with Crippen molar-refractivity contribution in [1.29, 1.82) is 0 Å². The van der Waals surface area contributed by atoms with Gasteiger partial charge in [-0.15, -0.1) is 0 Å². The summed E-state index contributed by atoms with van der Waals surface area (Å²) in [5, 5.41) is 19.3. The summed E-state index contributed by atoms with van der Waals surface area (Å²) in [5.41, 5.74) is -1.64. The maximum atomic E-state index is 9.73. The highest BCUT2D eigenvalue weighted by Gasteiger charge is 2.51. The average Bonchev–Trinajstić information content (AvgIpc) is 2.16. The van der Waals surface area contributed by atoms with E-state index in [2.05, 4.69) is 0 Å². The monoisotopic (exact) mass is 160 g/mol. The maximum Gasteiger partial charge on any atom is 0.116 e. The van der Waals surface area contributed by atoms with Crippen LogP contribution in [0.5, 0.6) is 0 Å². The maximum absolute atomic E-state index is 9.73. The number of hydrogen-bond donors (Lipinski definition) is 2. The molecule has 1 aliphatic heterocycles. The van der Waals surface area contributed by atoms with Crippen molar-refractivity contribution in [3.63, 3.8) is 0 Å². The third-order valence-corrected chi connectivity index (χ3v) is 2.47. The molecule has 0 unspecified atom stereocenters. The SMILES string of the molecule is CC[C@@]1(O)COC(C)(C)[C@@H]1O. The minimum absolute atomic E-state index is 0.234. The molecule has 2 N–H and O–H groups in total. The molecular formula is C8H16O3. The van der Waals surface area contributed by atoms with Crippen molar-refractivity contribution >= 4 is 0 Å². The van der Waals surface area contributed by atoms with Crippen molar-refractivity contribution in [2.75, 3.05) is 6.61 Å². The molecule has 0 spiro atoms. The number of rotatable bonds is 1. The average molecular weight is 160 g/mol. The Morgan fingerprint density at radius 2 is 2.09 bits per heavy atom. The van der Waals surface area contributed by atoms with E-state index in [0.717, 1.165) is 0 Å². The van der Waals surface area contributed by atoms with Gasteiger partial charge in [0, 0.05) is 0 Å². The van der Waals surface area contributed by atoms with Crippen LogP contribution in [0.4, 0.5) is 0 Å². The van der Waals surface area contributed by atoms with Gasteiger partial charge in [-0.25, -0.2) is 0 Å². The second-order valence-corrected chi connectivity index (χ2v) is 3.75. The summed E-state index contributed by atoms with van der Waals surface area (Å²) >= 11 is 0. The Labute approximate surface area is 67.0 Å². The Morgan fingerprint density at radius 3 is 2.27 bits per heavy atom. The van der Waals surface area contributed by atoms with Gasteiger partial charge in [0.15, 0.2) is 0 Å². The molecule has 0 aliphatic carbocycles. The number of aliphatic hydroxyl groups excluding tert-OH is 1. The third-order valence-electron chi connectivity index (χ3n) is 2.47. The van der Waals surface area contributed by atoms with E-state index in [4.69, 9.17) is 4.74 Å². The standard InChI is InChI=1S/C8H16O3/c1-4-8(10)5-11-7(2,3)6(8)9/h6,9-10H,4-5H2,1-3H3/t6-,8+/m0/s1. The lowest BCUT2D eigenvalue weighted by Gasteiger charge is -2.28. The van der Waals surface area contributed by atoms with E-state index < -0.39 is 17.3 Å². The molecule has 0 bridgehead atoms. The fourth-order valence-corrected chi connectivity index (χ4v) is 1.41. The molecule has 66 valence electrons. The van der Waals surface area contributed by atoms with Crippen LogP contribution >= 0.6 is 0 Å². The molecule has 11 heavy (non-hydrogen) atoms. The van der Waals surface area contributed by atoms with E-state index >= 15 is 0 Å². The summed E-state index contributed by atoms with van der Waals surface area (Å²) in [6.45, 7) is 5.64. The van der Waals surface area contributed by atoms with Gasteiger partial charge in [-0.05, 0) is 20.3 Å². The van der Waals surface area contributed by atoms with E-state index in [9.17, 15) is 10.2 Å². The van der Waals surface area contributed by atoms with Crippen molar-refractivity contribution in [3.05, 3.63) is 0 Å². The van der Waals surface area contributed by atoms with Gasteiger partial charge in [0.1, 0.15) is 11.7 Å². The van der Waals surface area contributed by atoms with Gasteiger partial charge in [0.25, 0.3) is 0 Å². The van der Waals surface area contributed by atoms with E-state index in [1.54, 1.807) is 13.8 Å². The third kappa shape index (κ3) is 1.28. The molecule has 1 rings (SSSR count). The Morgan fingerprint density at radius 1 is 1.55 bits per heavy atom. The first-order valence-corrected chi connectivity index (χ1v) is 3.97. The van der Waals surface area contributed by atoms with Gasteiger partial charge in [0.05, 0.1) is 12.2 Å². The van der Waals surface area contributed by atoms with Crippen LogP contribution < -0.4 is 0 Å². The van der Waals surface area contributed by atoms with Crippen LogP contribution in [-0.2, 0) is 4.74 Å². The first-order valence-electron chi connectivity index (χ1n) is 3.97. The van der Waals surface area contributed by atoms with Crippen LogP contribution in [0.1, 0.15) is 27.2 Å². The predicted molar refractivity (Wildman–Crippen MR) is 41.3 cm³/mol. The lowest BCUT2D eigenvalue weighted by atomic mass is 9.88. The summed E-state index contributed by atoms with van der Waals surface area (Å²) in [4.78, 5) is 0. The van der Waals surface area contributed by atoms with Crippen LogP contribution in [0.2, 0.25) is 0 Å². The van der Waals surface area contributed by atoms with E-state index in [-0.39, 0.29) is 6.61 Å². The molecule has 1 aliphatic rings. The smallest absolute Gasteiger partial charge is 0.116 e. The topological polar surface area (TPSA) is 49.7 Å². The van der Waals surface area contributed by atoms with Gasteiger partial charge >= 0.3 is 0 Å². The first kappa shape index (κ1) is 8.97. The fourth-order valence-electron chi connectivity index (χ4n) is 1.41. The van der Waals surface area contributed by atoms with Crippen molar-refractivity contribution in [2.45, 2.75) is 44.5 Å². The Balaban J connectivity index is 2.78. The first-order chi connectivity index (χ1) is 4.92. The molecule has 3 heteroatoms. The van der Waals surface area contributed by atoms with Crippen LogP contribution in [-0.4, -0.2) is 34.1 Å². The fraction of sp³-hybridized carbons (Fsp3) is 1.00. The molecule has 1 fully saturated rings. The largest absolute Gasteiger partial charge is 0.387 e. The molecule has 0 amide bonds.